The van der Waals surface area contributed by atoms with E-state index in [2.05, 4.69) is 23.9 Å². The van der Waals surface area contributed by atoms with E-state index in [0.717, 1.165) is 49.5 Å². The predicted molar refractivity (Wildman–Crippen MR) is 93.5 cm³/mol. The van der Waals surface area contributed by atoms with Gasteiger partial charge in [0.25, 0.3) is 0 Å². The first kappa shape index (κ1) is 17.1. The van der Waals surface area contributed by atoms with Gasteiger partial charge in [-0.25, -0.2) is 0 Å². The zero-order valence-electron chi connectivity index (χ0n) is 15.0. The number of nitrogens with zero attached hydrogens (tertiary/aromatic N) is 2. The Bertz CT molecular complexity index is 588. The predicted octanol–water partition coefficient (Wildman–Crippen LogP) is 2.05. The molecule has 3 rings (SSSR count). The average Bonchev–Trinajstić information content (AvgIpc) is 2.59. The van der Waals surface area contributed by atoms with E-state index in [1.165, 1.54) is 6.42 Å². The van der Waals surface area contributed by atoms with Gasteiger partial charge < -0.3 is 19.3 Å². The molecule has 1 amide bonds. The van der Waals surface area contributed by atoms with Crippen LogP contribution in [0.3, 0.4) is 0 Å². The Labute approximate surface area is 144 Å². The van der Waals surface area contributed by atoms with Gasteiger partial charge in [-0.2, -0.15) is 0 Å². The van der Waals surface area contributed by atoms with Crippen LogP contribution in [0.4, 0.5) is 0 Å². The number of rotatable bonds is 4. The van der Waals surface area contributed by atoms with Crippen LogP contribution in [-0.2, 0) is 11.2 Å². The number of amides is 1. The molecule has 0 radical (unpaired) electrons. The van der Waals surface area contributed by atoms with Crippen LogP contribution >= 0.6 is 0 Å². The topological polar surface area (TPSA) is 42.0 Å². The van der Waals surface area contributed by atoms with Crippen molar-refractivity contribution in [3.63, 3.8) is 0 Å². The number of carbonyl (C=O) groups excluding carboxylic acids is 1. The SMILES string of the molecule is COc1ccc2c(c1)C[C@H](C(=O)N1CCC[C@H](CN(C)C)C1)CO2. The lowest BCUT2D eigenvalue weighted by molar-refractivity contribution is -0.138. The lowest BCUT2D eigenvalue weighted by Crippen LogP contribution is -2.47. The van der Waals surface area contributed by atoms with Crippen LogP contribution in [0.2, 0.25) is 0 Å². The second-order valence-electron chi connectivity index (χ2n) is 7.24. The molecular weight excluding hydrogens is 304 g/mol. The number of ether oxygens (including phenoxy) is 2. The number of hydrogen-bond donors (Lipinski definition) is 0. The van der Waals surface area contributed by atoms with Crippen LogP contribution in [-0.4, -0.2) is 63.2 Å². The van der Waals surface area contributed by atoms with E-state index in [9.17, 15) is 4.79 Å². The van der Waals surface area contributed by atoms with Crippen molar-refractivity contribution >= 4 is 5.91 Å². The molecule has 1 fully saturated rings. The van der Waals surface area contributed by atoms with Gasteiger partial charge in [0.15, 0.2) is 0 Å². The molecule has 132 valence electrons. The quantitative estimate of drug-likeness (QED) is 0.846. The van der Waals surface area contributed by atoms with Crippen LogP contribution in [0.5, 0.6) is 11.5 Å². The van der Waals surface area contributed by atoms with Gasteiger partial charge in [-0.3, -0.25) is 4.79 Å². The molecule has 0 aromatic heterocycles. The summed E-state index contributed by atoms with van der Waals surface area (Å²) in [6.07, 6.45) is 3.05. The molecule has 2 aliphatic heterocycles. The maximum absolute atomic E-state index is 12.9. The van der Waals surface area contributed by atoms with Crippen molar-refractivity contribution in [2.45, 2.75) is 19.3 Å². The van der Waals surface area contributed by atoms with Crippen molar-refractivity contribution in [2.75, 3.05) is 47.4 Å². The van der Waals surface area contributed by atoms with Crippen LogP contribution < -0.4 is 9.47 Å². The summed E-state index contributed by atoms with van der Waals surface area (Å²) < 4.78 is 11.1. The van der Waals surface area contributed by atoms with E-state index >= 15 is 0 Å². The minimum atomic E-state index is -0.0808. The second kappa shape index (κ2) is 7.43. The maximum atomic E-state index is 12.9. The highest BCUT2D eigenvalue weighted by Gasteiger charge is 2.32. The lowest BCUT2D eigenvalue weighted by atomic mass is 9.92. The third-order valence-electron chi connectivity index (χ3n) is 4.98. The zero-order chi connectivity index (χ0) is 17.1. The first-order chi connectivity index (χ1) is 11.6. The van der Waals surface area contributed by atoms with Crippen LogP contribution in [0.1, 0.15) is 18.4 Å². The number of piperidine rings is 1. The van der Waals surface area contributed by atoms with Crippen molar-refractivity contribution in [1.29, 1.82) is 0 Å². The largest absolute Gasteiger partial charge is 0.497 e. The number of methoxy groups -OCH3 is 1. The molecule has 2 atom stereocenters. The molecule has 0 unspecified atom stereocenters. The standard InChI is InChI=1S/C19H28N2O3/c1-20(2)11-14-5-4-8-21(12-14)19(22)16-9-15-10-17(23-3)6-7-18(15)24-13-16/h6-7,10,14,16H,4-5,8-9,11-13H2,1-3H3/t14-,16+/m1/s1. The molecule has 0 bridgehead atoms. The van der Waals surface area contributed by atoms with Crippen LogP contribution in [0.15, 0.2) is 18.2 Å². The van der Waals surface area contributed by atoms with Gasteiger partial charge in [0.05, 0.1) is 13.0 Å². The summed E-state index contributed by atoms with van der Waals surface area (Å²) >= 11 is 0. The fourth-order valence-corrected chi connectivity index (χ4v) is 3.85. The molecule has 1 aromatic carbocycles. The average molecular weight is 332 g/mol. The van der Waals surface area contributed by atoms with Crippen molar-refractivity contribution in [1.82, 2.24) is 9.80 Å². The van der Waals surface area contributed by atoms with Gasteiger partial charge in [0.1, 0.15) is 18.1 Å². The molecule has 0 aliphatic carbocycles. The Morgan fingerprint density at radius 2 is 2.25 bits per heavy atom. The van der Waals surface area contributed by atoms with Gasteiger partial charge in [-0.05, 0) is 63.0 Å². The van der Waals surface area contributed by atoms with Gasteiger partial charge >= 0.3 is 0 Å². The third kappa shape index (κ3) is 3.83. The minimum absolute atomic E-state index is 0.0808. The number of fused-ring (bicyclic) bond motifs is 1. The van der Waals surface area contributed by atoms with Crippen molar-refractivity contribution in [2.24, 2.45) is 11.8 Å². The van der Waals surface area contributed by atoms with Gasteiger partial charge in [-0.15, -0.1) is 0 Å². The number of likely N-dealkylation sites (tertiary alicyclic amines) is 1. The Morgan fingerprint density at radius 3 is 3.00 bits per heavy atom. The number of carbonyl (C=O) groups is 1. The summed E-state index contributed by atoms with van der Waals surface area (Å²) in [7, 11) is 5.85. The summed E-state index contributed by atoms with van der Waals surface area (Å²) in [4.78, 5) is 17.2. The number of benzene rings is 1. The first-order valence-electron chi connectivity index (χ1n) is 8.80. The fraction of sp³-hybridized carbons (Fsp3) is 0.632. The fourth-order valence-electron chi connectivity index (χ4n) is 3.85. The highest BCUT2D eigenvalue weighted by molar-refractivity contribution is 5.80. The molecule has 1 saturated heterocycles. The lowest BCUT2D eigenvalue weighted by Gasteiger charge is -2.37. The Hall–Kier alpha value is -1.75. The first-order valence-corrected chi connectivity index (χ1v) is 8.80. The van der Waals surface area contributed by atoms with Crippen LogP contribution in [0.25, 0.3) is 0 Å². The van der Waals surface area contributed by atoms with Crippen molar-refractivity contribution in [3.05, 3.63) is 23.8 Å². The molecule has 0 spiro atoms. The minimum Gasteiger partial charge on any atom is -0.497 e. The van der Waals surface area contributed by atoms with Gasteiger partial charge in [-0.1, -0.05) is 0 Å². The van der Waals surface area contributed by atoms with E-state index in [1.54, 1.807) is 7.11 Å². The Balaban J connectivity index is 1.65. The molecule has 2 aliphatic rings. The summed E-state index contributed by atoms with van der Waals surface area (Å²) in [5.74, 6) is 2.43. The van der Waals surface area contributed by atoms with Gasteiger partial charge in [0, 0.05) is 19.6 Å². The summed E-state index contributed by atoms with van der Waals surface area (Å²) in [6.45, 7) is 3.28. The summed E-state index contributed by atoms with van der Waals surface area (Å²) in [5.41, 5.74) is 1.07. The zero-order valence-corrected chi connectivity index (χ0v) is 15.0. The molecule has 1 aromatic rings. The summed E-state index contributed by atoms with van der Waals surface area (Å²) in [5, 5.41) is 0. The van der Waals surface area contributed by atoms with E-state index in [-0.39, 0.29) is 11.8 Å². The normalized spacial score (nSPS) is 23.6. The number of hydrogen-bond acceptors (Lipinski definition) is 4. The third-order valence-corrected chi connectivity index (χ3v) is 4.98. The molecule has 2 heterocycles. The monoisotopic (exact) mass is 332 g/mol. The van der Waals surface area contributed by atoms with E-state index in [4.69, 9.17) is 9.47 Å². The van der Waals surface area contributed by atoms with Crippen molar-refractivity contribution in [3.8, 4) is 11.5 Å². The van der Waals surface area contributed by atoms with E-state index < -0.39 is 0 Å². The molecular formula is C19H28N2O3. The maximum Gasteiger partial charge on any atom is 0.229 e. The Kier molecular flexibility index (Phi) is 5.29. The van der Waals surface area contributed by atoms with Crippen molar-refractivity contribution < 1.29 is 14.3 Å². The van der Waals surface area contributed by atoms with Gasteiger partial charge in [0.2, 0.25) is 5.91 Å². The Morgan fingerprint density at radius 1 is 1.42 bits per heavy atom. The summed E-state index contributed by atoms with van der Waals surface area (Å²) in [6, 6.07) is 5.82. The molecule has 0 saturated carbocycles. The smallest absolute Gasteiger partial charge is 0.229 e. The van der Waals surface area contributed by atoms with E-state index in [0.29, 0.717) is 12.5 Å². The molecule has 24 heavy (non-hydrogen) atoms. The second-order valence-corrected chi connectivity index (χ2v) is 7.24. The van der Waals surface area contributed by atoms with E-state index in [1.807, 2.05) is 18.2 Å². The highest BCUT2D eigenvalue weighted by Crippen LogP contribution is 2.32. The molecule has 0 N–H and O–H groups in total. The highest BCUT2D eigenvalue weighted by atomic mass is 16.5. The van der Waals surface area contributed by atoms with Crippen LogP contribution in [0, 0.1) is 11.8 Å². The molecule has 5 heteroatoms. The molecule has 5 nitrogen and oxygen atoms in total.